The molecule has 0 heterocycles. The zero-order valence-corrected chi connectivity index (χ0v) is 5.68. The van der Waals surface area contributed by atoms with Gasteiger partial charge in [-0.05, 0) is 24.6 Å². The Morgan fingerprint density at radius 2 is 2.20 bits per heavy atom. The maximum atomic E-state index is 8.44. The lowest BCUT2D eigenvalue weighted by molar-refractivity contribution is 1.37. The molecule has 0 saturated heterocycles. The first-order chi connectivity index (χ1) is 4.74. The molecule has 1 rings (SSSR count). The SMILES string of the molecule is Cc1ccc(C#N)c([NH])c1. The summed E-state index contributed by atoms with van der Waals surface area (Å²) < 4.78 is 0. The van der Waals surface area contributed by atoms with Crippen LogP contribution in [0.1, 0.15) is 11.1 Å². The molecule has 0 aromatic heterocycles. The lowest BCUT2D eigenvalue weighted by Crippen LogP contribution is -1.79. The Bertz CT molecular complexity index is 284. The van der Waals surface area contributed by atoms with Crippen molar-refractivity contribution in [2.75, 3.05) is 0 Å². The van der Waals surface area contributed by atoms with Crippen molar-refractivity contribution < 1.29 is 0 Å². The third kappa shape index (κ3) is 1.08. The normalized spacial score (nSPS) is 8.80. The predicted molar refractivity (Wildman–Crippen MR) is 38.7 cm³/mol. The molecular weight excluding hydrogens is 124 g/mol. The Hall–Kier alpha value is -1.49. The molecule has 0 fully saturated rings. The van der Waals surface area contributed by atoms with Crippen molar-refractivity contribution >= 4 is 5.69 Å². The lowest BCUT2D eigenvalue weighted by atomic mass is 10.1. The molecule has 0 aliphatic rings. The number of nitrogens with zero attached hydrogens (tertiary/aromatic N) is 1. The van der Waals surface area contributed by atoms with Gasteiger partial charge < -0.3 is 0 Å². The van der Waals surface area contributed by atoms with Crippen LogP contribution in [0.2, 0.25) is 0 Å². The van der Waals surface area contributed by atoms with Gasteiger partial charge in [0.1, 0.15) is 6.07 Å². The molecule has 0 aliphatic carbocycles. The number of nitrogens with one attached hydrogen (secondary N) is 1. The topological polar surface area (TPSA) is 47.6 Å². The summed E-state index contributed by atoms with van der Waals surface area (Å²) in [7, 11) is 0. The van der Waals surface area contributed by atoms with Crippen molar-refractivity contribution in [3.63, 3.8) is 0 Å². The zero-order chi connectivity index (χ0) is 7.56. The molecule has 1 aromatic rings. The van der Waals surface area contributed by atoms with Gasteiger partial charge in [0.15, 0.2) is 0 Å². The first-order valence-corrected chi connectivity index (χ1v) is 2.96. The second kappa shape index (κ2) is 2.40. The second-order valence-electron chi connectivity index (χ2n) is 2.16. The molecule has 0 aliphatic heterocycles. The summed E-state index contributed by atoms with van der Waals surface area (Å²) in [5.74, 6) is 0. The number of hydrogen-bond acceptors (Lipinski definition) is 1. The van der Waals surface area contributed by atoms with E-state index in [0.29, 0.717) is 11.3 Å². The van der Waals surface area contributed by atoms with Crippen molar-refractivity contribution in [1.82, 2.24) is 5.73 Å². The molecule has 0 amide bonds. The van der Waals surface area contributed by atoms with E-state index in [1.165, 1.54) is 0 Å². The largest absolute Gasteiger partial charge is 0.300 e. The van der Waals surface area contributed by atoms with E-state index < -0.39 is 0 Å². The smallest absolute Gasteiger partial charge is 0.101 e. The number of nitriles is 1. The highest BCUT2D eigenvalue weighted by Gasteiger charge is 1.95. The van der Waals surface area contributed by atoms with Gasteiger partial charge >= 0.3 is 0 Å². The third-order valence-corrected chi connectivity index (χ3v) is 1.30. The molecule has 0 unspecified atom stereocenters. The lowest BCUT2D eigenvalue weighted by Gasteiger charge is -1.95. The average molecular weight is 131 g/mol. The fourth-order valence-corrected chi connectivity index (χ4v) is 0.756. The highest BCUT2D eigenvalue weighted by molar-refractivity contribution is 5.52. The molecule has 0 bridgehead atoms. The van der Waals surface area contributed by atoms with Gasteiger partial charge in [-0.1, -0.05) is 6.07 Å². The Balaban J connectivity index is 3.23. The van der Waals surface area contributed by atoms with Crippen molar-refractivity contribution in [1.29, 1.82) is 5.26 Å². The van der Waals surface area contributed by atoms with Crippen LogP contribution >= 0.6 is 0 Å². The highest BCUT2D eigenvalue weighted by atomic mass is 14.6. The summed E-state index contributed by atoms with van der Waals surface area (Å²) in [4.78, 5) is 0. The maximum Gasteiger partial charge on any atom is 0.101 e. The van der Waals surface area contributed by atoms with E-state index in [4.69, 9.17) is 11.0 Å². The van der Waals surface area contributed by atoms with Crippen LogP contribution in [0.25, 0.3) is 0 Å². The summed E-state index contributed by atoms with van der Waals surface area (Å²) in [6, 6.07) is 7.11. The quantitative estimate of drug-likeness (QED) is 0.529. The summed E-state index contributed by atoms with van der Waals surface area (Å²) in [5, 5.41) is 8.44. The van der Waals surface area contributed by atoms with Crippen LogP contribution in [0.3, 0.4) is 0 Å². The first-order valence-electron chi connectivity index (χ1n) is 2.96. The van der Waals surface area contributed by atoms with Gasteiger partial charge in [0.2, 0.25) is 0 Å². The van der Waals surface area contributed by atoms with E-state index in [2.05, 4.69) is 0 Å². The van der Waals surface area contributed by atoms with Gasteiger partial charge in [-0.2, -0.15) is 5.26 Å². The monoisotopic (exact) mass is 131 g/mol. The molecule has 49 valence electrons. The number of benzene rings is 1. The van der Waals surface area contributed by atoms with Crippen LogP contribution < -0.4 is 5.73 Å². The highest BCUT2D eigenvalue weighted by Crippen LogP contribution is 2.13. The minimum absolute atomic E-state index is 0.308. The Morgan fingerprint density at radius 1 is 1.50 bits per heavy atom. The summed E-state index contributed by atoms with van der Waals surface area (Å²) in [6.45, 7) is 1.90. The first kappa shape index (κ1) is 6.63. The molecule has 0 atom stereocenters. The Labute approximate surface area is 59.9 Å². The molecular formula is C8H7N2. The fraction of sp³-hybridized carbons (Fsp3) is 0.125. The van der Waals surface area contributed by atoms with Crippen LogP contribution in [0.4, 0.5) is 5.69 Å². The number of rotatable bonds is 0. The average Bonchev–Trinajstić information content (AvgIpc) is 1.88. The van der Waals surface area contributed by atoms with Crippen LogP contribution in [-0.2, 0) is 0 Å². The van der Waals surface area contributed by atoms with Gasteiger partial charge in [-0.15, -0.1) is 0 Å². The maximum absolute atomic E-state index is 8.44. The van der Waals surface area contributed by atoms with E-state index in [1.807, 2.05) is 19.1 Å². The van der Waals surface area contributed by atoms with Crippen LogP contribution in [0.5, 0.6) is 0 Å². The van der Waals surface area contributed by atoms with E-state index in [-0.39, 0.29) is 0 Å². The minimum Gasteiger partial charge on any atom is -0.300 e. The predicted octanol–water partition coefficient (Wildman–Crippen LogP) is 1.78. The standard InChI is InChI=1S/C8H7N2/c1-6-2-3-7(5-9)8(10)4-6/h2-4,10H,1H3. The van der Waals surface area contributed by atoms with Crippen molar-refractivity contribution in [3.05, 3.63) is 29.3 Å². The number of aryl methyl sites for hydroxylation is 1. The molecule has 10 heavy (non-hydrogen) atoms. The van der Waals surface area contributed by atoms with Gasteiger partial charge in [0.25, 0.3) is 0 Å². The van der Waals surface area contributed by atoms with Crippen molar-refractivity contribution in [3.8, 4) is 6.07 Å². The fourth-order valence-electron chi connectivity index (χ4n) is 0.756. The van der Waals surface area contributed by atoms with Crippen molar-refractivity contribution in [2.45, 2.75) is 6.92 Å². The molecule has 1 radical (unpaired) electrons. The van der Waals surface area contributed by atoms with Crippen molar-refractivity contribution in [2.24, 2.45) is 0 Å². The zero-order valence-electron chi connectivity index (χ0n) is 5.68. The molecule has 0 spiro atoms. The van der Waals surface area contributed by atoms with Gasteiger partial charge in [0.05, 0.1) is 11.3 Å². The summed E-state index contributed by atoms with van der Waals surface area (Å²) >= 11 is 0. The van der Waals surface area contributed by atoms with E-state index in [0.717, 1.165) is 5.56 Å². The van der Waals surface area contributed by atoms with E-state index in [9.17, 15) is 0 Å². The van der Waals surface area contributed by atoms with E-state index in [1.54, 1.807) is 12.1 Å². The van der Waals surface area contributed by atoms with Gasteiger partial charge in [-0.25, -0.2) is 0 Å². The molecule has 2 nitrogen and oxygen atoms in total. The Kier molecular flexibility index (Phi) is 1.59. The minimum atomic E-state index is 0.308. The van der Waals surface area contributed by atoms with Gasteiger partial charge in [-0.3, -0.25) is 5.73 Å². The molecule has 0 saturated carbocycles. The summed E-state index contributed by atoms with van der Waals surface area (Å²) in [5.41, 5.74) is 9.05. The van der Waals surface area contributed by atoms with Gasteiger partial charge in [0, 0.05) is 0 Å². The summed E-state index contributed by atoms with van der Waals surface area (Å²) in [6.07, 6.45) is 0. The van der Waals surface area contributed by atoms with Crippen LogP contribution in [0.15, 0.2) is 18.2 Å². The second-order valence-corrected chi connectivity index (χ2v) is 2.16. The molecule has 2 heteroatoms. The molecule has 1 aromatic carbocycles. The van der Waals surface area contributed by atoms with E-state index >= 15 is 0 Å². The van der Waals surface area contributed by atoms with Crippen LogP contribution in [0, 0.1) is 18.3 Å². The van der Waals surface area contributed by atoms with Crippen LogP contribution in [-0.4, -0.2) is 0 Å². The third-order valence-electron chi connectivity index (χ3n) is 1.30. The Morgan fingerprint density at radius 3 is 2.70 bits per heavy atom. The number of hydrogen-bond donors (Lipinski definition) is 0. The molecule has 1 N–H and O–H groups in total.